The second-order valence-corrected chi connectivity index (χ2v) is 10.8. The second-order valence-electron chi connectivity index (χ2n) is 10.3. The number of alkyl carbamates (subject to hydrolysis) is 3. The quantitative estimate of drug-likeness (QED) is 0.0493. The molecular weight excluding hydrogens is 583 g/mol. The van der Waals surface area contributed by atoms with Crippen LogP contribution in [0.25, 0.3) is 0 Å². The molecule has 0 atom stereocenters. The predicted octanol–water partition coefficient (Wildman–Crippen LogP) is -3.73. The Morgan fingerprint density at radius 1 is 0.535 bits per heavy atom. The van der Waals surface area contributed by atoms with Crippen LogP contribution in [0.2, 0.25) is 0 Å². The summed E-state index contributed by atoms with van der Waals surface area (Å²) in [6.07, 6.45) is 4.69. The molecule has 0 spiro atoms. The number of carbonyl (C=O) groups excluding carboxylic acids is 3. The Labute approximate surface area is 261 Å². The van der Waals surface area contributed by atoms with E-state index in [1.807, 2.05) is 20.8 Å². The Balaban J connectivity index is -0.000000249. The Bertz CT molecular complexity index is 541. The van der Waals surface area contributed by atoms with Gasteiger partial charge in [0.2, 0.25) is 0 Å². The third kappa shape index (κ3) is 60.1. The molecule has 0 radical (unpaired) electrons. The average Bonchev–Trinajstić information content (AvgIpc) is 2.92. The summed E-state index contributed by atoms with van der Waals surface area (Å²) in [5.41, 5.74) is 0. The third-order valence-electron chi connectivity index (χ3n) is 4.68. The van der Waals surface area contributed by atoms with E-state index in [0.29, 0.717) is 39.5 Å². The molecule has 0 aliphatic heterocycles. The van der Waals surface area contributed by atoms with Crippen LogP contribution in [0.1, 0.15) is 59.3 Å². The highest BCUT2D eigenvalue weighted by Crippen LogP contribution is 1.85. The number of rotatable bonds is 18. The van der Waals surface area contributed by atoms with Gasteiger partial charge in [0.15, 0.2) is 0 Å². The highest BCUT2D eigenvalue weighted by molar-refractivity contribution is 7.33. The molecule has 43 heavy (non-hydrogen) atoms. The van der Waals surface area contributed by atoms with E-state index in [1.54, 1.807) is 0 Å². The summed E-state index contributed by atoms with van der Waals surface area (Å²) < 4.78 is 14.5. The normalized spacial score (nSPS) is 10.0. The molecule has 0 aromatic heterocycles. The minimum Gasteiger partial charge on any atom is -0.854 e. The molecule has 0 fully saturated rings. The minimum atomic E-state index is -3.37. The number of amides is 3. The van der Waals surface area contributed by atoms with Crippen LogP contribution in [0.15, 0.2) is 0 Å². The van der Waals surface area contributed by atoms with Crippen LogP contribution >= 0.6 is 8.60 Å². The van der Waals surface area contributed by atoms with E-state index >= 15 is 0 Å². The van der Waals surface area contributed by atoms with Crippen LogP contribution in [-0.4, -0.2) is 120 Å². The van der Waals surface area contributed by atoms with Gasteiger partial charge in [-0.15, -0.1) is 0 Å². The summed E-state index contributed by atoms with van der Waals surface area (Å²) in [4.78, 5) is 62.3. The van der Waals surface area contributed by atoms with E-state index in [-0.39, 0.29) is 18.3 Å². The van der Waals surface area contributed by atoms with Crippen molar-refractivity contribution in [2.75, 3.05) is 101 Å². The molecule has 260 valence electrons. The first-order valence-corrected chi connectivity index (χ1v) is 16.2. The standard InChI is InChI=1S/3C9H20N2O2.O3P/c3*1-4-8-13-9(12)10-6-5-7-11(2)3;1-4(2)3/h3*4-8H2,1-3H3,(H,10,12);/q;;;-3/p+3. The topological polar surface area (TPSA) is 197 Å². The Kier molecular flexibility index (Phi) is 42.4. The largest absolute Gasteiger partial charge is 0.854 e. The highest BCUT2D eigenvalue weighted by Gasteiger charge is 2.02. The third-order valence-corrected chi connectivity index (χ3v) is 4.68. The first-order valence-electron chi connectivity index (χ1n) is 15.1. The van der Waals surface area contributed by atoms with Gasteiger partial charge >= 0.3 is 18.3 Å². The monoisotopic (exact) mass is 646 g/mol. The van der Waals surface area contributed by atoms with Crippen molar-refractivity contribution in [1.29, 1.82) is 0 Å². The molecule has 0 saturated heterocycles. The fourth-order valence-corrected chi connectivity index (χ4v) is 2.63. The van der Waals surface area contributed by atoms with Crippen molar-refractivity contribution in [3.63, 3.8) is 0 Å². The van der Waals surface area contributed by atoms with E-state index in [0.717, 1.165) is 58.2 Å². The van der Waals surface area contributed by atoms with Crippen molar-refractivity contribution in [3.05, 3.63) is 0 Å². The van der Waals surface area contributed by atoms with Gasteiger partial charge in [-0.1, -0.05) is 20.8 Å². The van der Waals surface area contributed by atoms with Gasteiger partial charge in [-0.3, -0.25) is 0 Å². The molecule has 0 saturated carbocycles. The van der Waals surface area contributed by atoms with Crippen LogP contribution in [0, 0.1) is 0 Å². The number of carbonyl (C=O) groups is 3. The van der Waals surface area contributed by atoms with Crippen molar-refractivity contribution in [2.24, 2.45) is 0 Å². The van der Waals surface area contributed by atoms with Crippen molar-refractivity contribution < 1.29 is 58.0 Å². The molecule has 16 heteroatoms. The van der Waals surface area contributed by atoms with Gasteiger partial charge < -0.3 is 68.1 Å². The second kappa shape index (κ2) is 38.0. The summed E-state index contributed by atoms with van der Waals surface area (Å²) in [5, 5.41) is 8.09. The average molecular weight is 647 g/mol. The first-order chi connectivity index (χ1) is 20.2. The fraction of sp³-hybridized carbons (Fsp3) is 0.889. The summed E-state index contributed by atoms with van der Waals surface area (Å²) in [6, 6.07) is 0. The maximum absolute atomic E-state index is 10.9. The lowest BCUT2D eigenvalue weighted by molar-refractivity contribution is -0.858. The zero-order chi connectivity index (χ0) is 33.9. The molecule has 0 aromatic carbocycles. The number of hydrogen-bond acceptors (Lipinski definition) is 9. The van der Waals surface area contributed by atoms with E-state index in [1.165, 1.54) is 14.7 Å². The molecule has 0 aromatic rings. The fourth-order valence-electron chi connectivity index (χ4n) is 2.63. The predicted molar refractivity (Wildman–Crippen MR) is 163 cm³/mol. The van der Waals surface area contributed by atoms with Crippen LogP contribution in [0.5, 0.6) is 0 Å². The first kappa shape index (κ1) is 47.9. The number of ether oxygens (including phenoxy) is 3. The lowest BCUT2D eigenvalue weighted by atomic mass is 10.4. The number of hydrogen-bond donors (Lipinski definition) is 6. The van der Waals surface area contributed by atoms with Crippen LogP contribution in [0.4, 0.5) is 14.4 Å². The zero-order valence-electron chi connectivity index (χ0n) is 28.2. The van der Waals surface area contributed by atoms with E-state index in [9.17, 15) is 14.4 Å². The smallest absolute Gasteiger partial charge is 0.407 e. The molecule has 6 N–H and O–H groups in total. The summed E-state index contributed by atoms with van der Waals surface area (Å²) >= 11 is 0. The van der Waals surface area contributed by atoms with Gasteiger partial charge in [-0.25, -0.2) is 14.4 Å². The maximum Gasteiger partial charge on any atom is 0.407 e. The van der Waals surface area contributed by atoms with Gasteiger partial charge in [-0.2, -0.15) is 0 Å². The van der Waals surface area contributed by atoms with Gasteiger partial charge in [-0.05, 0) is 19.3 Å². The number of quaternary nitrogens is 3. The molecule has 15 nitrogen and oxygen atoms in total. The van der Waals surface area contributed by atoms with Gasteiger partial charge in [0.1, 0.15) is 0 Å². The molecular formula is C27H63N6O9P. The van der Waals surface area contributed by atoms with Crippen molar-refractivity contribution in [2.45, 2.75) is 59.3 Å². The molecule has 0 aliphatic carbocycles. The molecule has 0 bridgehead atoms. The number of nitrogens with one attached hydrogen (secondary N) is 6. The van der Waals surface area contributed by atoms with Gasteiger partial charge in [0, 0.05) is 38.9 Å². The van der Waals surface area contributed by atoms with Crippen molar-refractivity contribution >= 4 is 26.9 Å². The molecule has 0 heterocycles. The summed E-state index contributed by atoms with van der Waals surface area (Å²) in [7, 11) is 9.19. The van der Waals surface area contributed by atoms with E-state index < -0.39 is 8.60 Å². The summed E-state index contributed by atoms with van der Waals surface area (Å²) in [5.74, 6) is 0. The van der Waals surface area contributed by atoms with Crippen LogP contribution in [-0.2, 0) is 14.2 Å². The van der Waals surface area contributed by atoms with Gasteiger partial charge in [0.25, 0.3) is 0 Å². The Hall–Kier alpha value is -2.00. The lowest BCUT2D eigenvalue weighted by Crippen LogP contribution is -3.05. The van der Waals surface area contributed by atoms with Gasteiger partial charge in [0.05, 0.1) is 81.7 Å². The molecule has 3 amide bonds. The van der Waals surface area contributed by atoms with Crippen LogP contribution < -0.4 is 45.3 Å². The SMILES string of the molecule is CCCOC(=O)NCCC[NH+](C)C.CCCOC(=O)NCCC[NH+](C)C.CCCOC(=O)NCCC[NH+](C)C.[O-]P([O-])[O-]. The lowest BCUT2D eigenvalue weighted by Gasteiger charge is -2.39. The molecule has 0 aliphatic rings. The van der Waals surface area contributed by atoms with Crippen molar-refractivity contribution in [1.82, 2.24) is 16.0 Å². The Morgan fingerprint density at radius 3 is 0.907 bits per heavy atom. The maximum atomic E-state index is 10.9. The molecule has 0 unspecified atom stereocenters. The van der Waals surface area contributed by atoms with Crippen LogP contribution in [0.3, 0.4) is 0 Å². The van der Waals surface area contributed by atoms with E-state index in [2.05, 4.69) is 58.2 Å². The van der Waals surface area contributed by atoms with E-state index in [4.69, 9.17) is 28.9 Å². The zero-order valence-corrected chi connectivity index (χ0v) is 29.1. The summed E-state index contributed by atoms with van der Waals surface area (Å²) in [6.45, 7) is 12.7. The minimum absolute atomic E-state index is 0.296. The highest BCUT2D eigenvalue weighted by atomic mass is 31.2. The molecule has 0 rings (SSSR count). The van der Waals surface area contributed by atoms with Crippen molar-refractivity contribution in [3.8, 4) is 0 Å². The Morgan fingerprint density at radius 2 is 0.744 bits per heavy atom.